The number of nitrogens with zero attached hydrogens (tertiary/aromatic N) is 6. The van der Waals surface area contributed by atoms with E-state index in [0.29, 0.717) is 38.1 Å². The highest BCUT2D eigenvalue weighted by molar-refractivity contribution is 6.19. The number of imidazole rings is 1. The Balaban J connectivity index is 1.49. The summed E-state index contributed by atoms with van der Waals surface area (Å²) in [6.45, 7) is 10.2. The number of carbonyl (C=O) groups excluding carboxylic acids is 2. The number of amidine groups is 1. The van der Waals surface area contributed by atoms with E-state index in [-0.39, 0.29) is 11.9 Å². The molecule has 3 aliphatic rings. The van der Waals surface area contributed by atoms with E-state index in [9.17, 15) is 9.59 Å². The van der Waals surface area contributed by atoms with Crippen LogP contribution in [0.1, 0.15) is 22.9 Å². The summed E-state index contributed by atoms with van der Waals surface area (Å²) in [7, 11) is 1.70. The van der Waals surface area contributed by atoms with Crippen LogP contribution in [0.4, 0.5) is 10.7 Å². The second-order valence-corrected chi connectivity index (χ2v) is 8.69. The number of imide groups is 1. The molecular formula is C23H29N6O3+. The van der Waals surface area contributed by atoms with Gasteiger partial charge in [0.1, 0.15) is 17.6 Å². The molecule has 0 radical (unpaired) electrons. The second-order valence-electron chi connectivity index (χ2n) is 8.69. The van der Waals surface area contributed by atoms with Gasteiger partial charge in [0.15, 0.2) is 0 Å². The van der Waals surface area contributed by atoms with Crippen molar-refractivity contribution in [2.45, 2.75) is 26.8 Å². The zero-order valence-corrected chi connectivity index (χ0v) is 19.0. The molecule has 0 aliphatic carbocycles. The molecule has 4 heterocycles. The molecule has 0 N–H and O–H groups in total. The summed E-state index contributed by atoms with van der Waals surface area (Å²) < 4.78 is 9.36. The van der Waals surface area contributed by atoms with E-state index in [1.807, 2.05) is 23.8 Å². The number of benzene rings is 1. The number of aryl methyl sites for hydroxylation is 2. The highest BCUT2D eigenvalue weighted by atomic mass is 16.5. The number of hydrogen-bond acceptors (Lipinski definition) is 5. The van der Waals surface area contributed by atoms with Crippen LogP contribution >= 0.6 is 0 Å². The first-order chi connectivity index (χ1) is 15.4. The molecule has 32 heavy (non-hydrogen) atoms. The summed E-state index contributed by atoms with van der Waals surface area (Å²) in [6, 6.07) is 5.22. The van der Waals surface area contributed by atoms with Crippen molar-refractivity contribution in [3.63, 3.8) is 0 Å². The highest BCUT2D eigenvalue weighted by Crippen LogP contribution is 2.32. The number of hydrogen-bond donors (Lipinski definition) is 0. The van der Waals surface area contributed by atoms with Crippen LogP contribution in [0.3, 0.4) is 0 Å². The molecule has 0 saturated carbocycles. The maximum absolute atomic E-state index is 13.5. The second kappa shape index (κ2) is 7.83. The number of morpholine rings is 1. The van der Waals surface area contributed by atoms with Crippen molar-refractivity contribution >= 4 is 23.7 Å². The average Bonchev–Trinajstić information content (AvgIpc) is 3.30. The molecule has 168 valence electrons. The highest BCUT2D eigenvalue weighted by Gasteiger charge is 2.53. The number of rotatable bonds is 4. The SMILES string of the molecule is Cc1cccc(-n2c(C)c[n+]3c2N=C2C3C(=O)N(CCN3CCOCC3)C(=O)N2C)c1C. The van der Waals surface area contributed by atoms with Crippen molar-refractivity contribution in [2.75, 3.05) is 46.4 Å². The van der Waals surface area contributed by atoms with Gasteiger partial charge >= 0.3 is 12.0 Å². The van der Waals surface area contributed by atoms with Gasteiger partial charge in [0.05, 0.1) is 13.2 Å². The molecular weight excluding hydrogens is 408 g/mol. The van der Waals surface area contributed by atoms with Gasteiger partial charge in [0.2, 0.25) is 11.9 Å². The minimum Gasteiger partial charge on any atom is -0.379 e. The zero-order chi connectivity index (χ0) is 22.6. The first-order valence-corrected chi connectivity index (χ1v) is 11.1. The van der Waals surface area contributed by atoms with Crippen molar-refractivity contribution < 1.29 is 18.9 Å². The molecule has 1 unspecified atom stereocenters. The van der Waals surface area contributed by atoms with Crippen molar-refractivity contribution in [2.24, 2.45) is 4.99 Å². The van der Waals surface area contributed by atoms with Gasteiger partial charge in [0, 0.05) is 33.2 Å². The van der Waals surface area contributed by atoms with Gasteiger partial charge in [-0.15, -0.1) is 0 Å². The standard InChI is InChI=1S/C23H29N6O3/c1-15-6-5-7-18(17(15)3)29-16(2)14-28-19-20(24-22(28)29)25(4)23(31)27(21(19)30)9-8-26-10-12-32-13-11-26/h5-7,14,19H,8-13H2,1-4H3/q+1. The van der Waals surface area contributed by atoms with Gasteiger partial charge in [-0.05, 0) is 38.0 Å². The number of aliphatic imine (C=N–C) groups is 1. The molecule has 1 atom stereocenters. The minimum absolute atomic E-state index is 0.220. The monoisotopic (exact) mass is 437 g/mol. The summed E-state index contributed by atoms with van der Waals surface area (Å²) in [5, 5.41) is 0. The Kier molecular flexibility index (Phi) is 5.10. The van der Waals surface area contributed by atoms with Crippen molar-refractivity contribution in [1.82, 2.24) is 19.3 Å². The number of urea groups is 1. The van der Waals surface area contributed by atoms with E-state index in [1.54, 1.807) is 7.05 Å². The Labute approximate surface area is 187 Å². The molecule has 1 aromatic carbocycles. The Morgan fingerprint density at radius 2 is 1.88 bits per heavy atom. The summed E-state index contributed by atoms with van der Waals surface area (Å²) in [4.78, 5) is 36.4. The lowest BCUT2D eigenvalue weighted by Crippen LogP contribution is -2.63. The van der Waals surface area contributed by atoms with Crippen LogP contribution < -0.4 is 4.57 Å². The Bertz CT molecular complexity index is 1130. The van der Waals surface area contributed by atoms with Gasteiger partial charge in [-0.1, -0.05) is 17.1 Å². The molecule has 2 aromatic rings. The summed E-state index contributed by atoms with van der Waals surface area (Å²) >= 11 is 0. The fraction of sp³-hybridized carbons (Fsp3) is 0.478. The van der Waals surface area contributed by atoms with Crippen LogP contribution in [0.2, 0.25) is 0 Å². The van der Waals surface area contributed by atoms with Gasteiger partial charge in [-0.3, -0.25) is 19.5 Å². The molecule has 5 rings (SSSR count). The molecule has 3 amide bonds. The topological polar surface area (TPSA) is 74.3 Å². The van der Waals surface area contributed by atoms with Gasteiger partial charge < -0.3 is 4.74 Å². The first-order valence-electron chi connectivity index (χ1n) is 11.1. The number of likely N-dealkylation sites (N-methyl/N-ethyl adjacent to an activating group) is 1. The van der Waals surface area contributed by atoms with Crippen molar-refractivity contribution in [3.8, 4) is 5.69 Å². The van der Waals surface area contributed by atoms with Gasteiger partial charge in [-0.25, -0.2) is 9.36 Å². The molecule has 0 bridgehead atoms. The van der Waals surface area contributed by atoms with Gasteiger partial charge in [0.25, 0.3) is 5.91 Å². The van der Waals surface area contributed by atoms with E-state index >= 15 is 0 Å². The van der Waals surface area contributed by atoms with Crippen LogP contribution in [0, 0.1) is 20.8 Å². The van der Waals surface area contributed by atoms with Crippen molar-refractivity contribution in [3.05, 3.63) is 41.2 Å². The number of ether oxygens (including phenoxy) is 1. The minimum atomic E-state index is -0.623. The normalized spacial score (nSPS) is 21.1. The predicted octanol–water partition coefficient (Wildman–Crippen LogP) is 1.50. The average molecular weight is 438 g/mol. The quantitative estimate of drug-likeness (QED) is 0.680. The lowest BCUT2D eigenvalue weighted by atomic mass is 10.1. The smallest absolute Gasteiger partial charge is 0.379 e. The Morgan fingerprint density at radius 1 is 1.12 bits per heavy atom. The maximum atomic E-state index is 13.5. The van der Waals surface area contributed by atoms with E-state index in [2.05, 4.69) is 35.4 Å². The Morgan fingerprint density at radius 3 is 2.62 bits per heavy atom. The summed E-state index contributed by atoms with van der Waals surface area (Å²) in [6.07, 6.45) is 1.96. The number of fused-ring (bicyclic) bond motifs is 3. The van der Waals surface area contributed by atoms with Crippen molar-refractivity contribution in [1.29, 1.82) is 0 Å². The largest absolute Gasteiger partial charge is 0.406 e. The van der Waals surface area contributed by atoms with E-state index in [1.165, 1.54) is 15.4 Å². The third-order valence-electron chi connectivity index (χ3n) is 6.77. The molecule has 2 saturated heterocycles. The van der Waals surface area contributed by atoms with Crippen LogP contribution in [-0.4, -0.2) is 83.5 Å². The van der Waals surface area contributed by atoms with E-state index in [4.69, 9.17) is 9.73 Å². The predicted molar refractivity (Wildman–Crippen MR) is 118 cm³/mol. The summed E-state index contributed by atoms with van der Waals surface area (Å²) in [5.74, 6) is 0.929. The fourth-order valence-corrected chi connectivity index (χ4v) is 4.73. The number of amides is 3. The van der Waals surface area contributed by atoms with Crippen LogP contribution in [0.5, 0.6) is 0 Å². The third kappa shape index (κ3) is 3.15. The third-order valence-corrected chi connectivity index (χ3v) is 6.77. The first kappa shape index (κ1) is 20.8. The van der Waals surface area contributed by atoms with Crippen LogP contribution in [0.15, 0.2) is 29.4 Å². The number of carbonyl (C=O) groups is 2. The van der Waals surface area contributed by atoms with Gasteiger partial charge in [-0.2, -0.15) is 4.57 Å². The molecule has 0 spiro atoms. The molecule has 1 aromatic heterocycles. The number of aromatic nitrogens is 2. The molecule has 3 aliphatic heterocycles. The van der Waals surface area contributed by atoms with E-state index in [0.717, 1.165) is 30.0 Å². The summed E-state index contributed by atoms with van der Waals surface area (Å²) in [5.41, 5.74) is 4.37. The lowest BCUT2D eigenvalue weighted by Gasteiger charge is -2.35. The van der Waals surface area contributed by atoms with Crippen LogP contribution in [0.25, 0.3) is 5.69 Å². The van der Waals surface area contributed by atoms with E-state index < -0.39 is 6.04 Å². The Hall–Kier alpha value is -3.04. The molecule has 9 heteroatoms. The molecule has 9 nitrogen and oxygen atoms in total. The fourth-order valence-electron chi connectivity index (χ4n) is 4.73. The molecule has 2 fully saturated rings. The zero-order valence-electron chi connectivity index (χ0n) is 19.0. The maximum Gasteiger partial charge on any atom is 0.406 e. The lowest BCUT2D eigenvalue weighted by molar-refractivity contribution is -0.676. The van der Waals surface area contributed by atoms with Crippen LogP contribution in [-0.2, 0) is 9.53 Å².